The molecule has 172 valence electrons. The number of carbonyl (C=O) groups excluding carboxylic acids is 2. The monoisotopic (exact) mass is 447 g/mol. The first-order valence-electron chi connectivity index (χ1n) is 11.6. The van der Waals surface area contributed by atoms with Crippen LogP contribution in [0.15, 0.2) is 60.7 Å². The van der Waals surface area contributed by atoms with Crippen molar-refractivity contribution < 1.29 is 19.1 Å². The van der Waals surface area contributed by atoms with E-state index in [0.29, 0.717) is 50.8 Å². The minimum atomic E-state index is -0.618. The van der Waals surface area contributed by atoms with Gasteiger partial charge in [0.15, 0.2) is 11.5 Å². The first-order valence-corrected chi connectivity index (χ1v) is 11.6. The Bertz CT molecular complexity index is 1030. The van der Waals surface area contributed by atoms with E-state index in [4.69, 9.17) is 9.47 Å². The van der Waals surface area contributed by atoms with Crippen LogP contribution in [0.1, 0.15) is 12.0 Å². The number of piperazine rings is 1. The van der Waals surface area contributed by atoms with E-state index in [-0.39, 0.29) is 18.4 Å². The van der Waals surface area contributed by atoms with Gasteiger partial charge in [-0.05, 0) is 29.7 Å². The van der Waals surface area contributed by atoms with E-state index in [9.17, 15) is 9.59 Å². The van der Waals surface area contributed by atoms with Crippen LogP contribution < -0.4 is 9.47 Å². The van der Waals surface area contributed by atoms with Gasteiger partial charge in [0.2, 0.25) is 12.0 Å². The smallest absolute Gasteiger partial charge is 0.267 e. The van der Waals surface area contributed by atoms with Crippen molar-refractivity contribution in [3.63, 3.8) is 0 Å². The largest absolute Gasteiger partial charge is 0.485 e. The Morgan fingerprint density at radius 1 is 0.848 bits per heavy atom. The van der Waals surface area contributed by atoms with Crippen LogP contribution in [0.5, 0.6) is 11.5 Å². The van der Waals surface area contributed by atoms with Crippen molar-refractivity contribution in [2.45, 2.75) is 12.5 Å². The standard InChI is InChI=1S/C26H29N3O4/c30-25(28-12-10-21(11-13-28)20-6-2-1-3-7-20)18-27-14-16-29(17-15-27)26(31)24-19-32-22-8-4-5-9-23(22)33-24/h1-10,24H,11-19H2/t24-/m0/s1. The summed E-state index contributed by atoms with van der Waals surface area (Å²) in [4.78, 5) is 31.6. The van der Waals surface area contributed by atoms with Crippen LogP contribution in [-0.2, 0) is 9.59 Å². The topological polar surface area (TPSA) is 62.3 Å². The summed E-state index contributed by atoms with van der Waals surface area (Å²) >= 11 is 0. The number of ether oxygens (including phenoxy) is 2. The van der Waals surface area contributed by atoms with Crippen LogP contribution in [0.25, 0.3) is 5.57 Å². The average Bonchev–Trinajstić information content (AvgIpc) is 2.89. The molecule has 0 saturated carbocycles. The molecule has 1 saturated heterocycles. The molecular formula is C26H29N3O4. The molecule has 1 atom stereocenters. The van der Waals surface area contributed by atoms with Gasteiger partial charge in [0.1, 0.15) is 6.61 Å². The van der Waals surface area contributed by atoms with Gasteiger partial charge in [-0.1, -0.05) is 48.5 Å². The van der Waals surface area contributed by atoms with E-state index >= 15 is 0 Å². The van der Waals surface area contributed by atoms with Crippen LogP contribution in [-0.4, -0.2) is 85.0 Å². The predicted octanol–water partition coefficient (Wildman–Crippen LogP) is 2.29. The van der Waals surface area contributed by atoms with E-state index in [0.717, 1.165) is 13.0 Å². The SMILES string of the molecule is O=C(CN1CCN(C(=O)[C@@H]2COc3ccccc3O2)CC1)N1CC=C(c2ccccc2)CC1. The number of hydrogen-bond acceptors (Lipinski definition) is 5. The second-order valence-electron chi connectivity index (χ2n) is 8.65. The Kier molecular flexibility index (Phi) is 6.30. The summed E-state index contributed by atoms with van der Waals surface area (Å²) in [6.07, 6.45) is 2.43. The Labute approximate surface area is 194 Å². The van der Waals surface area contributed by atoms with Crippen molar-refractivity contribution in [2.75, 3.05) is 52.4 Å². The highest BCUT2D eigenvalue weighted by Gasteiger charge is 2.33. The van der Waals surface area contributed by atoms with E-state index in [1.807, 2.05) is 52.3 Å². The molecule has 3 aliphatic rings. The molecule has 0 unspecified atom stereocenters. The molecule has 1 fully saturated rings. The first kappa shape index (κ1) is 21.5. The summed E-state index contributed by atoms with van der Waals surface area (Å²) in [5, 5.41) is 0. The number of para-hydroxylation sites is 2. The zero-order chi connectivity index (χ0) is 22.6. The Morgan fingerprint density at radius 2 is 1.58 bits per heavy atom. The van der Waals surface area contributed by atoms with Gasteiger partial charge in [0.25, 0.3) is 5.91 Å². The minimum absolute atomic E-state index is 0.0508. The van der Waals surface area contributed by atoms with Crippen LogP contribution in [0.2, 0.25) is 0 Å². The quantitative estimate of drug-likeness (QED) is 0.720. The summed E-state index contributed by atoms with van der Waals surface area (Å²) in [6, 6.07) is 17.8. The van der Waals surface area contributed by atoms with Crippen LogP contribution in [0, 0.1) is 0 Å². The highest BCUT2D eigenvalue weighted by molar-refractivity contribution is 5.82. The third-order valence-electron chi connectivity index (χ3n) is 6.53. The zero-order valence-corrected chi connectivity index (χ0v) is 18.7. The molecule has 0 aliphatic carbocycles. The summed E-state index contributed by atoms with van der Waals surface area (Å²) in [6.45, 7) is 4.56. The van der Waals surface area contributed by atoms with Gasteiger partial charge in [-0.15, -0.1) is 0 Å². The first-order chi connectivity index (χ1) is 16.2. The van der Waals surface area contributed by atoms with E-state index in [1.54, 1.807) is 0 Å². The third-order valence-corrected chi connectivity index (χ3v) is 6.53. The summed E-state index contributed by atoms with van der Waals surface area (Å²) in [5.41, 5.74) is 2.55. The van der Waals surface area contributed by atoms with Crippen molar-refractivity contribution in [3.05, 3.63) is 66.2 Å². The summed E-state index contributed by atoms with van der Waals surface area (Å²) in [5.74, 6) is 1.38. The normalized spacial score (nSPS) is 20.8. The van der Waals surface area contributed by atoms with Crippen molar-refractivity contribution >= 4 is 17.4 Å². The number of benzene rings is 2. The van der Waals surface area contributed by atoms with Crippen LogP contribution in [0.3, 0.4) is 0 Å². The molecule has 0 bridgehead atoms. The Hall–Kier alpha value is -3.32. The molecular weight excluding hydrogens is 418 g/mol. The van der Waals surface area contributed by atoms with Crippen molar-refractivity contribution in [3.8, 4) is 11.5 Å². The third kappa shape index (κ3) is 4.88. The molecule has 0 spiro atoms. The number of carbonyl (C=O) groups is 2. The molecule has 2 aromatic carbocycles. The van der Waals surface area contributed by atoms with Crippen molar-refractivity contribution in [2.24, 2.45) is 0 Å². The fourth-order valence-corrected chi connectivity index (χ4v) is 4.57. The number of fused-ring (bicyclic) bond motifs is 1. The highest BCUT2D eigenvalue weighted by Crippen LogP contribution is 2.31. The second-order valence-corrected chi connectivity index (χ2v) is 8.65. The number of rotatable bonds is 4. The predicted molar refractivity (Wildman–Crippen MR) is 125 cm³/mol. The van der Waals surface area contributed by atoms with Crippen LogP contribution >= 0.6 is 0 Å². The molecule has 5 rings (SSSR count). The van der Waals surface area contributed by atoms with Gasteiger partial charge in [0.05, 0.1) is 6.54 Å². The van der Waals surface area contributed by atoms with Gasteiger partial charge in [-0.2, -0.15) is 0 Å². The Balaban J connectivity index is 1.08. The van der Waals surface area contributed by atoms with E-state index in [1.165, 1.54) is 11.1 Å². The van der Waals surface area contributed by atoms with Gasteiger partial charge in [-0.3, -0.25) is 14.5 Å². The van der Waals surface area contributed by atoms with E-state index in [2.05, 4.69) is 23.1 Å². The molecule has 2 amide bonds. The maximum atomic E-state index is 12.9. The molecule has 2 aromatic rings. The number of nitrogens with zero attached hydrogens (tertiary/aromatic N) is 3. The van der Waals surface area contributed by atoms with Crippen LogP contribution in [0.4, 0.5) is 0 Å². The van der Waals surface area contributed by atoms with Gasteiger partial charge < -0.3 is 19.3 Å². The molecule has 7 nitrogen and oxygen atoms in total. The number of hydrogen-bond donors (Lipinski definition) is 0. The lowest BCUT2D eigenvalue weighted by atomic mass is 9.99. The van der Waals surface area contributed by atoms with Crippen molar-refractivity contribution in [1.82, 2.24) is 14.7 Å². The van der Waals surface area contributed by atoms with Gasteiger partial charge in [-0.25, -0.2) is 0 Å². The highest BCUT2D eigenvalue weighted by atomic mass is 16.6. The fraction of sp³-hybridized carbons (Fsp3) is 0.385. The van der Waals surface area contributed by atoms with E-state index < -0.39 is 6.10 Å². The lowest BCUT2D eigenvalue weighted by Gasteiger charge is -2.37. The van der Waals surface area contributed by atoms with Crippen molar-refractivity contribution in [1.29, 1.82) is 0 Å². The maximum absolute atomic E-state index is 12.9. The fourth-order valence-electron chi connectivity index (χ4n) is 4.57. The molecule has 7 heteroatoms. The average molecular weight is 448 g/mol. The number of amides is 2. The minimum Gasteiger partial charge on any atom is -0.485 e. The molecule has 0 aromatic heterocycles. The van der Waals surface area contributed by atoms with Gasteiger partial charge in [0, 0.05) is 39.3 Å². The lowest BCUT2D eigenvalue weighted by Crippen LogP contribution is -2.55. The van der Waals surface area contributed by atoms with Gasteiger partial charge >= 0.3 is 0 Å². The maximum Gasteiger partial charge on any atom is 0.267 e. The summed E-state index contributed by atoms with van der Waals surface area (Å²) < 4.78 is 11.5. The zero-order valence-electron chi connectivity index (χ0n) is 18.7. The Morgan fingerprint density at radius 3 is 2.30 bits per heavy atom. The lowest BCUT2D eigenvalue weighted by molar-refractivity contribution is -0.143. The molecule has 0 N–H and O–H groups in total. The molecule has 3 heterocycles. The summed E-state index contributed by atoms with van der Waals surface area (Å²) in [7, 11) is 0. The second kappa shape index (κ2) is 9.67. The molecule has 33 heavy (non-hydrogen) atoms. The molecule has 0 radical (unpaired) electrons. The molecule has 3 aliphatic heterocycles.